The summed E-state index contributed by atoms with van der Waals surface area (Å²) in [6.07, 6.45) is -0.932. The van der Waals surface area contributed by atoms with Crippen molar-refractivity contribution in [2.45, 2.75) is 13.5 Å². The Labute approximate surface area is 66.9 Å². The Kier molecular flexibility index (Phi) is 2.18. The molecule has 0 aromatic carbocycles. The lowest BCUT2D eigenvalue weighted by Crippen LogP contribution is -2.12. The van der Waals surface area contributed by atoms with Crippen LogP contribution in [0.2, 0.25) is 0 Å². The molecule has 0 saturated heterocycles. The summed E-state index contributed by atoms with van der Waals surface area (Å²) in [5.41, 5.74) is 4.69. The van der Waals surface area contributed by atoms with Crippen LogP contribution in [-0.4, -0.2) is 6.09 Å². The number of carbonyl (C=O) groups excluding carboxylic acids is 1. The molecule has 1 heterocycles. The normalized spacial score (nSPS) is 9.75. The Morgan fingerprint density at radius 2 is 2.25 bits per heavy atom. The van der Waals surface area contributed by atoms with Crippen molar-refractivity contribution in [1.82, 2.24) is 0 Å². The number of rotatable bonds is 2. The van der Waals surface area contributed by atoms with Crippen LogP contribution in [0.5, 0.6) is 0 Å². The topological polar surface area (TPSA) is 95.7 Å². The highest BCUT2D eigenvalue weighted by Crippen LogP contribution is 2.05. The maximum absolute atomic E-state index is 10.5. The second-order valence-electron chi connectivity index (χ2n) is 2.04. The van der Waals surface area contributed by atoms with Crippen LogP contribution in [0.1, 0.15) is 11.5 Å². The van der Waals surface area contributed by atoms with E-state index in [1.54, 1.807) is 0 Å². The van der Waals surface area contributed by atoms with Crippen LogP contribution in [0.15, 0.2) is 13.6 Å². The number of aryl methyl sites for hydroxylation is 1. The molecule has 1 aromatic rings. The molecule has 6 nitrogen and oxygen atoms in total. The summed E-state index contributed by atoms with van der Waals surface area (Å²) in [6.45, 7) is 1.33. The molecule has 0 radical (unpaired) electrons. The van der Waals surface area contributed by atoms with Crippen LogP contribution in [-0.2, 0) is 11.3 Å². The van der Waals surface area contributed by atoms with Gasteiger partial charge in [-0.15, -0.1) is 0 Å². The number of nitrogens with two attached hydrogens (primary N) is 1. The number of ether oxygens (including phenoxy) is 1. The zero-order valence-electron chi connectivity index (χ0n) is 6.33. The lowest BCUT2D eigenvalue weighted by Gasteiger charge is -1.95. The minimum Gasteiger partial charge on any atom is -0.441 e. The van der Waals surface area contributed by atoms with Crippen molar-refractivity contribution in [3.05, 3.63) is 22.1 Å². The van der Waals surface area contributed by atoms with Gasteiger partial charge in [0.05, 0.1) is 0 Å². The number of primary amides is 1. The maximum atomic E-state index is 10.5. The van der Waals surface area contributed by atoms with E-state index in [0.717, 1.165) is 0 Å². The highest BCUT2D eigenvalue weighted by molar-refractivity contribution is 5.64. The fourth-order valence-electron chi connectivity index (χ4n) is 0.643. The SMILES string of the molecule is Cc1oc(=O)oc1COC(N)=O. The molecule has 0 atom stereocenters. The van der Waals surface area contributed by atoms with Gasteiger partial charge in [-0.05, 0) is 6.92 Å². The van der Waals surface area contributed by atoms with Gasteiger partial charge in [0.2, 0.25) is 0 Å². The van der Waals surface area contributed by atoms with E-state index < -0.39 is 11.9 Å². The highest BCUT2D eigenvalue weighted by atomic mass is 16.6. The van der Waals surface area contributed by atoms with Gasteiger partial charge in [0.25, 0.3) is 0 Å². The first kappa shape index (κ1) is 8.38. The van der Waals surface area contributed by atoms with E-state index in [1.807, 2.05) is 0 Å². The first-order valence-electron chi connectivity index (χ1n) is 3.11. The lowest BCUT2D eigenvalue weighted by atomic mass is 10.4. The molecule has 12 heavy (non-hydrogen) atoms. The standard InChI is InChI=1S/C6H7NO5/c1-3-4(2-10-5(7)8)12-6(9)11-3/h2H2,1H3,(H2,7,8). The van der Waals surface area contributed by atoms with Gasteiger partial charge < -0.3 is 19.3 Å². The summed E-state index contributed by atoms with van der Waals surface area (Å²) in [4.78, 5) is 20.6. The third-order valence-electron chi connectivity index (χ3n) is 1.18. The van der Waals surface area contributed by atoms with E-state index in [2.05, 4.69) is 19.3 Å². The molecule has 66 valence electrons. The molecule has 0 spiro atoms. The van der Waals surface area contributed by atoms with E-state index in [0.29, 0.717) is 0 Å². The van der Waals surface area contributed by atoms with Crippen molar-refractivity contribution in [3.63, 3.8) is 0 Å². The molecule has 1 aromatic heterocycles. The maximum Gasteiger partial charge on any atom is 0.519 e. The number of hydrogen-bond acceptors (Lipinski definition) is 5. The zero-order chi connectivity index (χ0) is 9.14. The number of hydrogen-bond donors (Lipinski definition) is 1. The van der Waals surface area contributed by atoms with Crippen molar-refractivity contribution in [1.29, 1.82) is 0 Å². The fraction of sp³-hybridized carbons (Fsp3) is 0.333. The van der Waals surface area contributed by atoms with Gasteiger partial charge in [0.1, 0.15) is 0 Å². The molecular weight excluding hydrogens is 166 g/mol. The molecule has 0 aliphatic rings. The molecule has 0 aliphatic carbocycles. The summed E-state index contributed by atoms with van der Waals surface area (Å²) in [6, 6.07) is 0. The Hall–Kier alpha value is -1.72. The molecule has 0 bridgehead atoms. The van der Waals surface area contributed by atoms with Gasteiger partial charge >= 0.3 is 11.9 Å². The van der Waals surface area contributed by atoms with Crippen molar-refractivity contribution < 1.29 is 18.4 Å². The Balaban J connectivity index is 2.69. The van der Waals surface area contributed by atoms with Crippen molar-refractivity contribution in [3.8, 4) is 0 Å². The zero-order valence-corrected chi connectivity index (χ0v) is 6.33. The van der Waals surface area contributed by atoms with Gasteiger partial charge in [-0.3, -0.25) is 0 Å². The summed E-state index contributed by atoms with van der Waals surface area (Å²) in [5, 5.41) is 0. The molecule has 0 aliphatic heterocycles. The van der Waals surface area contributed by atoms with Crippen LogP contribution in [0.3, 0.4) is 0 Å². The predicted molar refractivity (Wildman–Crippen MR) is 36.4 cm³/mol. The van der Waals surface area contributed by atoms with Crippen molar-refractivity contribution in [2.75, 3.05) is 0 Å². The van der Waals surface area contributed by atoms with Gasteiger partial charge in [-0.1, -0.05) is 0 Å². The van der Waals surface area contributed by atoms with Gasteiger partial charge in [0, 0.05) is 0 Å². The van der Waals surface area contributed by atoms with E-state index in [9.17, 15) is 9.59 Å². The fourth-order valence-corrected chi connectivity index (χ4v) is 0.643. The van der Waals surface area contributed by atoms with Crippen LogP contribution in [0.25, 0.3) is 0 Å². The Bertz CT molecular complexity index is 336. The summed E-state index contributed by atoms with van der Waals surface area (Å²) < 4.78 is 13.4. The van der Waals surface area contributed by atoms with E-state index in [1.165, 1.54) is 6.92 Å². The smallest absolute Gasteiger partial charge is 0.441 e. The number of carbonyl (C=O) groups is 1. The van der Waals surface area contributed by atoms with Crippen LogP contribution >= 0.6 is 0 Å². The third kappa shape index (κ3) is 1.88. The molecule has 2 N–H and O–H groups in total. The lowest BCUT2D eigenvalue weighted by molar-refractivity contribution is 0.140. The van der Waals surface area contributed by atoms with Crippen LogP contribution in [0.4, 0.5) is 4.79 Å². The molecule has 6 heteroatoms. The molecule has 0 fully saturated rings. The number of amides is 1. The van der Waals surface area contributed by atoms with Gasteiger partial charge in [-0.2, -0.15) is 0 Å². The first-order valence-corrected chi connectivity index (χ1v) is 3.11. The minimum absolute atomic E-state index is 0.166. The molecular formula is C6H7NO5. The van der Waals surface area contributed by atoms with E-state index in [-0.39, 0.29) is 18.1 Å². The predicted octanol–water partition coefficient (Wildman–Crippen LogP) is 0.137. The average Bonchev–Trinajstić information content (AvgIpc) is 2.26. The average molecular weight is 173 g/mol. The van der Waals surface area contributed by atoms with Gasteiger partial charge in [0.15, 0.2) is 18.1 Å². The Morgan fingerprint density at radius 1 is 1.58 bits per heavy atom. The largest absolute Gasteiger partial charge is 0.519 e. The van der Waals surface area contributed by atoms with Crippen LogP contribution < -0.4 is 11.6 Å². The second kappa shape index (κ2) is 3.12. The molecule has 0 unspecified atom stereocenters. The molecule has 0 saturated carbocycles. The summed E-state index contributed by atoms with van der Waals surface area (Å²) in [5.74, 6) is -0.379. The van der Waals surface area contributed by atoms with E-state index >= 15 is 0 Å². The van der Waals surface area contributed by atoms with Crippen molar-refractivity contribution >= 4 is 6.09 Å². The quantitative estimate of drug-likeness (QED) is 0.685. The molecule has 1 rings (SSSR count). The Morgan fingerprint density at radius 3 is 2.67 bits per heavy atom. The highest BCUT2D eigenvalue weighted by Gasteiger charge is 2.09. The monoisotopic (exact) mass is 173 g/mol. The summed E-state index contributed by atoms with van der Waals surface area (Å²) in [7, 11) is 0. The third-order valence-corrected chi connectivity index (χ3v) is 1.18. The van der Waals surface area contributed by atoms with Gasteiger partial charge in [-0.25, -0.2) is 9.59 Å². The molecule has 1 amide bonds. The van der Waals surface area contributed by atoms with E-state index in [4.69, 9.17) is 0 Å². The first-order chi connectivity index (χ1) is 5.59. The van der Waals surface area contributed by atoms with Crippen LogP contribution in [0, 0.1) is 6.92 Å². The second-order valence-corrected chi connectivity index (χ2v) is 2.04. The summed E-state index contributed by atoms with van der Waals surface area (Å²) >= 11 is 0. The minimum atomic E-state index is -0.932. The van der Waals surface area contributed by atoms with Crippen molar-refractivity contribution in [2.24, 2.45) is 5.73 Å².